The van der Waals surface area contributed by atoms with Crippen molar-refractivity contribution in [3.63, 3.8) is 0 Å². The fraction of sp³-hybridized carbons (Fsp3) is 0.500. The van der Waals surface area contributed by atoms with Gasteiger partial charge in [-0.05, 0) is 25.8 Å². The van der Waals surface area contributed by atoms with Gasteiger partial charge in [0.2, 0.25) is 5.95 Å². The lowest BCUT2D eigenvalue weighted by Crippen LogP contribution is -2.46. The summed E-state index contributed by atoms with van der Waals surface area (Å²) in [5.74, 6) is 0.130. The molecule has 3 N–H and O–H groups in total. The van der Waals surface area contributed by atoms with Crippen LogP contribution in [-0.2, 0) is 0 Å². The molecule has 9 nitrogen and oxygen atoms in total. The van der Waals surface area contributed by atoms with Gasteiger partial charge in [0.15, 0.2) is 11.5 Å². The molecule has 5 rings (SSSR count). The first-order chi connectivity index (χ1) is 15.0. The highest BCUT2D eigenvalue weighted by atomic mass is 19.1. The van der Waals surface area contributed by atoms with E-state index in [0.717, 1.165) is 6.20 Å². The van der Waals surface area contributed by atoms with Gasteiger partial charge in [-0.15, -0.1) is 0 Å². The zero-order valence-electron chi connectivity index (χ0n) is 16.9. The number of fused-ring (bicyclic) bond motifs is 1. The Morgan fingerprint density at radius 1 is 1.29 bits per heavy atom. The minimum absolute atomic E-state index is 0.0152. The molecule has 2 aliphatic rings. The molecule has 0 radical (unpaired) electrons. The Balaban J connectivity index is 1.52. The number of methoxy groups -OCH3 is 1. The molecule has 0 aromatic carbocycles. The normalized spacial score (nSPS) is 25.9. The summed E-state index contributed by atoms with van der Waals surface area (Å²) in [6, 6.07) is 1.24. The highest BCUT2D eigenvalue weighted by Crippen LogP contribution is 2.40. The van der Waals surface area contributed by atoms with E-state index >= 15 is 0 Å². The SMILES string of the molecule is COc1cc2ncc(-c3nc(NC4CNCCC4F)ncc3F)n2nc1C1CC(O)C1. The summed E-state index contributed by atoms with van der Waals surface area (Å²) in [7, 11) is 1.55. The van der Waals surface area contributed by atoms with Crippen LogP contribution < -0.4 is 15.4 Å². The molecule has 2 atom stereocenters. The van der Waals surface area contributed by atoms with E-state index < -0.39 is 18.0 Å². The number of hydrogen-bond acceptors (Lipinski definition) is 8. The van der Waals surface area contributed by atoms with Gasteiger partial charge in [0.05, 0.1) is 31.6 Å². The van der Waals surface area contributed by atoms with Gasteiger partial charge >= 0.3 is 0 Å². The van der Waals surface area contributed by atoms with Gasteiger partial charge in [-0.2, -0.15) is 5.10 Å². The molecular formula is C20H23F2N7O2. The Hall–Kier alpha value is -2.92. The number of rotatable bonds is 5. The molecule has 31 heavy (non-hydrogen) atoms. The number of anilines is 1. The first kappa shape index (κ1) is 20.0. The summed E-state index contributed by atoms with van der Waals surface area (Å²) in [5, 5.41) is 20.4. The zero-order chi connectivity index (χ0) is 21.5. The van der Waals surface area contributed by atoms with Crippen molar-refractivity contribution in [3.8, 4) is 17.1 Å². The summed E-state index contributed by atoms with van der Waals surface area (Å²) < 4.78 is 35.8. The fourth-order valence-corrected chi connectivity index (χ4v) is 4.08. The second kappa shape index (κ2) is 7.97. The Morgan fingerprint density at radius 2 is 2.13 bits per heavy atom. The molecule has 2 fully saturated rings. The average Bonchev–Trinajstić information content (AvgIpc) is 3.16. The molecule has 0 amide bonds. The van der Waals surface area contributed by atoms with Crippen molar-refractivity contribution in [3.05, 3.63) is 30.0 Å². The molecule has 1 aliphatic heterocycles. The van der Waals surface area contributed by atoms with E-state index in [1.54, 1.807) is 13.2 Å². The van der Waals surface area contributed by atoms with Crippen LogP contribution in [0.5, 0.6) is 5.75 Å². The molecule has 1 saturated carbocycles. The molecule has 4 heterocycles. The van der Waals surface area contributed by atoms with E-state index in [1.165, 1.54) is 10.7 Å². The van der Waals surface area contributed by atoms with E-state index in [2.05, 4.69) is 30.7 Å². The summed E-state index contributed by atoms with van der Waals surface area (Å²) in [5.41, 5.74) is 1.52. The van der Waals surface area contributed by atoms with Crippen molar-refractivity contribution in [1.29, 1.82) is 0 Å². The first-order valence-corrected chi connectivity index (χ1v) is 10.3. The van der Waals surface area contributed by atoms with Crippen LogP contribution in [-0.4, -0.2) is 68.2 Å². The number of imidazole rings is 1. The quantitative estimate of drug-likeness (QED) is 0.560. The Labute approximate surface area is 176 Å². The maximum absolute atomic E-state index is 14.7. The number of nitrogens with zero attached hydrogens (tertiary/aromatic N) is 5. The van der Waals surface area contributed by atoms with Gasteiger partial charge in [0.25, 0.3) is 0 Å². The number of ether oxygens (including phenoxy) is 1. The lowest BCUT2D eigenvalue weighted by atomic mass is 9.80. The van der Waals surface area contributed by atoms with Crippen molar-refractivity contribution >= 4 is 11.6 Å². The van der Waals surface area contributed by atoms with Crippen LogP contribution in [0.2, 0.25) is 0 Å². The minimum Gasteiger partial charge on any atom is -0.495 e. The maximum Gasteiger partial charge on any atom is 0.223 e. The third-order valence-corrected chi connectivity index (χ3v) is 5.90. The highest BCUT2D eigenvalue weighted by Gasteiger charge is 2.33. The number of aromatic nitrogens is 5. The van der Waals surface area contributed by atoms with Crippen molar-refractivity contribution in [2.75, 3.05) is 25.5 Å². The largest absolute Gasteiger partial charge is 0.495 e. The molecule has 1 saturated heterocycles. The van der Waals surface area contributed by atoms with Gasteiger partial charge in [-0.25, -0.2) is 28.2 Å². The van der Waals surface area contributed by atoms with E-state index in [1.807, 2.05) is 0 Å². The number of nitrogens with one attached hydrogen (secondary N) is 2. The van der Waals surface area contributed by atoms with Gasteiger partial charge in [-0.3, -0.25) is 0 Å². The van der Waals surface area contributed by atoms with Crippen molar-refractivity contribution in [1.82, 2.24) is 29.9 Å². The number of aliphatic hydroxyl groups is 1. The van der Waals surface area contributed by atoms with Crippen LogP contribution >= 0.6 is 0 Å². The highest BCUT2D eigenvalue weighted by molar-refractivity contribution is 5.62. The van der Waals surface area contributed by atoms with Crippen molar-refractivity contribution in [2.24, 2.45) is 0 Å². The standard InChI is InChI=1S/C20H23F2N7O2/c1-31-16-6-17-24-9-15(29(17)28-18(16)10-4-11(30)5-10)19-13(22)7-25-20(27-19)26-14-8-23-3-2-12(14)21/h6-7,9-12,14,23,30H,2-5,8H2,1H3,(H,25,26,27). The van der Waals surface area contributed by atoms with Gasteiger partial charge < -0.3 is 20.5 Å². The van der Waals surface area contributed by atoms with Crippen LogP contribution in [0.4, 0.5) is 14.7 Å². The van der Waals surface area contributed by atoms with Gasteiger partial charge in [0, 0.05) is 18.5 Å². The molecule has 0 spiro atoms. The molecule has 3 aromatic heterocycles. The van der Waals surface area contributed by atoms with E-state index in [-0.39, 0.29) is 23.7 Å². The molecule has 2 unspecified atom stereocenters. The summed E-state index contributed by atoms with van der Waals surface area (Å²) in [4.78, 5) is 12.6. The maximum atomic E-state index is 14.7. The number of alkyl halides is 1. The average molecular weight is 431 g/mol. The molecule has 1 aliphatic carbocycles. The Bertz CT molecular complexity index is 1100. The van der Waals surface area contributed by atoms with E-state index in [0.29, 0.717) is 55.1 Å². The topological polar surface area (TPSA) is 109 Å². The third kappa shape index (κ3) is 3.68. The van der Waals surface area contributed by atoms with Crippen LogP contribution in [0.15, 0.2) is 18.5 Å². The van der Waals surface area contributed by atoms with Crippen molar-refractivity contribution < 1.29 is 18.6 Å². The van der Waals surface area contributed by atoms with Gasteiger partial charge in [-0.1, -0.05) is 0 Å². The Kier molecular flexibility index (Phi) is 5.14. The molecule has 0 bridgehead atoms. The molecule has 11 heteroatoms. The first-order valence-electron chi connectivity index (χ1n) is 10.3. The lowest BCUT2D eigenvalue weighted by Gasteiger charge is -2.31. The second-order valence-electron chi connectivity index (χ2n) is 7.98. The number of hydrogen-bond donors (Lipinski definition) is 3. The fourth-order valence-electron chi connectivity index (χ4n) is 4.08. The van der Waals surface area contributed by atoms with E-state index in [4.69, 9.17) is 4.74 Å². The monoisotopic (exact) mass is 431 g/mol. The molecule has 3 aromatic rings. The molecular weight excluding hydrogens is 408 g/mol. The predicted octanol–water partition coefficient (Wildman–Crippen LogP) is 1.68. The second-order valence-corrected chi connectivity index (χ2v) is 7.98. The predicted molar refractivity (Wildman–Crippen MR) is 108 cm³/mol. The minimum atomic E-state index is -1.04. The van der Waals surface area contributed by atoms with Crippen molar-refractivity contribution in [2.45, 2.75) is 43.5 Å². The number of halogens is 2. The smallest absolute Gasteiger partial charge is 0.223 e. The number of aliphatic hydroxyl groups excluding tert-OH is 1. The molecule has 164 valence electrons. The summed E-state index contributed by atoms with van der Waals surface area (Å²) in [6.45, 7) is 1.05. The van der Waals surface area contributed by atoms with E-state index in [9.17, 15) is 13.9 Å². The summed E-state index contributed by atoms with van der Waals surface area (Å²) >= 11 is 0. The zero-order valence-corrected chi connectivity index (χ0v) is 16.9. The third-order valence-electron chi connectivity index (χ3n) is 5.90. The van der Waals surface area contributed by atoms with Crippen LogP contribution in [0, 0.1) is 5.82 Å². The number of piperidine rings is 1. The van der Waals surface area contributed by atoms with Crippen LogP contribution in [0.1, 0.15) is 30.9 Å². The Morgan fingerprint density at radius 3 is 2.87 bits per heavy atom. The van der Waals surface area contributed by atoms with Crippen LogP contribution in [0.3, 0.4) is 0 Å². The summed E-state index contributed by atoms with van der Waals surface area (Å²) in [6.07, 6.45) is 2.73. The van der Waals surface area contributed by atoms with Crippen LogP contribution in [0.25, 0.3) is 17.0 Å². The van der Waals surface area contributed by atoms with Gasteiger partial charge in [0.1, 0.15) is 29.0 Å². The lowest BCUT2D eigenvalue weighted by molar-refractivity contribution is 0.0718.